The molecule has 0 amide bonds. The van der Waals surface area contributed by atoms with Gasteiger partial charge in [-0.05, 0) is 25.6 Å². The lowest BCUT2D eigenvalue weighted by atomic mass is 10.0. The van der Waals surface area contributed by atoms with E-state index < -0.39 is 5.97 Å². The van der Waals surface area contributed by atoms with Gasteiger partial charge in [-0.25, -0.2) is 4.79 Å². The van der Waals surface area contributed by atoms with Crippen LogP contribution in [0.5, 0.6) is 0 Å². The van der Waals surface area contributed by atoms with E-state index in [1.165, 1.54) is 6.07 Å². The number of carboxylic acids is 1. The summed E-state index contributed by atoms with van der Waals surface area (Å²) in [6, 6.07) is 1.53. The predicted octanol–water partition coefficient (Wildman–Crippen LogP) is 0.554. The van der Waals surface area contributed by atoms with Crippen LogP contribution in [0, 0.1) is 0 Å². The minimum absolute atomic E-state index is 0.124. The van der Waals surface area contributed by atoms with Gasteiger partial charge in [-0.15, -0.1) is 0 Å². The minimum atomic E-state index is -1.15. The number of nitrogens with zero attached hydrogens (tertiary/aromatic N) is 2. The predicted molar refractivity (Wildman–Crippen MR) is 63.4 cm³/mol. The number of hydrogen-bond acceptors (Lipinski definition) is 3. The van der Waals surface area contributed by atoms with Crippen LogP contribution in [0.15, 0.2) is 10.9 Å². The molecule has 1 aliphatic heterocycles. The van der Waals surface area contributed by atoms with Gasteiger partial charge in [-0.2, -0.15) is 0 Å². The van der Waals surface area contributed by atoms with E-state index in [-0.39, 0.29) is 11.1 Å². The van der Waals surface area contributed by atoms with Crippen molar-refractivity contribution in [3.8, 4) is 0 Å². The van der Waals surface area contributed by atoms with E-state index in [2.05, 4.69) is 4.90 Å². The van der Waals surface area contributed by atoms with Crippen molar-refractivity contribution in [3.05, 3.63) is 33.2 Å². The number of likely N-dealkylation sites (N-methyl/N-ethyl adjacent to an activating group) is 1. The van der Waals surface area contributed by atoms with Crippen LogP contribution in [-0.4, -0.2) is 34.1 Å². The largest absolute Gasteiger partial charge is 0.477 e. The molecule has 0 bridgehead atoms. The lowest BCUT2D eigenvalue weighted by Gasteiger charge is -2.27. The van der Waals surface area contributed by atoms with Crippen LogP contribution in [0.25, 0.3) is 0 Å². The minimum Gasteiger partial charge on any atom is -0.477 e. The molecule has 0 saturated heterocycles. The second-order valence-corrected chi connectivity index (χ2v) is 4.37. The molecule has 92 valence electrons. The molecule has 2 heterocycles. The molecule has 0 spiro atoms. The van der Waals surface area contributed by atoms with E-state index in [1.807, 2.05) is 14.0 Å². The zero-order valence-electron chi connectivity index (χ0n) is 10.1. The molecule has 0 unspecified atom stereocenters. The van der Waals surface area contributed by atoms with Gasteiger partial charge in [0.2, 0.25) is 0 Å². The Morgan fingerprint density at radius 2 is 2.24 bits per heavy atom. The molecule has 5 heteroatoms. The molecule has 0 aliphatic carbocycles. The van der Waals surface area contributed by atoms with E-state index in [0.29, 0.717) is 13.1 Å². The van der Waals surface area contributed by atoms with Crippen molar-refractivity contribution in [1.29, 1.82) is 0 Å². The van der Waals surface area contributed by atoms with Crippen LogP contribution >= 0.6 is 0 Å². The highest BCUT2D eigenvalue weighted by Crippen LogP contribution is 2.17. The summed E-state index contributed by atoms with van der Waals surface area (Å²) in [4.78, 5) is 25.1. The van der Waals surface area contributed by atoms with Crippen LogP contribution in [-0.2, 0) is 19.5 Å². The Bertz CT molecular complexity index is 519. The average Bonchev–Trinajstić information content (AvgIpc) is 2.28. The van der Waals surface area contributed by atoms with E-state index in [1.54, 1.807) is 4.57 Å². The van der Waals surface area contributed by atoms with Gasteiger partial charge in [0.15, 0.2) is 0 Å². The molecule has 0 aromatic carbocycles. The molecule has 1 aliphatic rings. The fourth-order valence-corrected chi connectivity index (χ4v) is 2.35. The number of fused-ring (bicyclic) bond motifs is 1. The molecule has 1 aromatic rings. The highest BCUT2D eigenvalue weighted by Gasteiger charge is 2.21. The zero-order chi connectivity index (χ0) is 12.6. The highest BCUT2D eigenvalue weighted by atomic mass is 16.4. The highest BCUT2D eigenvalue weighted by molar-refractivity contribution is 5.87. The molecule has 5 nitrogen and oxygen atoms in total. The number of aromatic nitrogens is 1. The maximum Gasteiger partial charge on any atom is 0.341 e. The third-order valence-corrected chi connectivity index (χ3v) is 3.21. The number of hydrogen-bond donors (Lipinski definition) is 1. The average molecular weight is 236 g/mol. The Hall–Kier alpha value is -1.62. The Morgan fingerprint density at radius 1 is 1.53 bits per heavy atom. The maximum absolute atomic E-state index is 12.0. The van der Waals surface area contributed by atoms with E-state index in [0.717, 1.165) is 24.2 Å². The van der Waals surface area contributed by atoms with E-state index in [9.17, 15) is 9.59 Å². The smallest absolute Gasteiger partial charge is 0.341 e. The van der Waals surface area contributed by atoms with Gasteiger partial charge in [-0.1, -0.05) is 0 Å². The fraction of sp³-hybridized carbons (Fsp3) is 0.500. The van der Waals surface area contributed by atoms with Crippen LogP contribution in [0.4, 0.5) is 0 Å². The van der Waals surface area contributed by atoms with Crippen molar-refractivity contribution in [1.82, 2.24) is 9.47 Å². The van der Waals surface area contributed by atoms with Crippen LogP contribution in [0.2, 0.25) is 0 Å². The summed E-state index contributed by atoms with van der Waals surface area (Å²) in [7, 11) is 1.99. The molecule has 2 rings (SSSR count). The number of rotatable bonds is 2. The summed E-state index contributed by atoms with van der Waals surface area (Å²) in [5.41, 5.74) is 1.43. The third kappa shape index (κ3) is 1.98. The molecular formula is C12H16N2O3. The van der Waals surface area contributed by atoms with Gasteiger partial charge in [0.05, 0.1) is 0 Å². The second kappa shape index (κ2) is 4.33. The first-order valence-corrected chi connectivity index (χ1v) is 5.72. The number of aromatic carboxylic acids is 1. The van der Waals surface area contributed by atoms with Crippen molar-refractivity contribution >= 4 is 5.97 Å². The molecule has 0 fully saturated rings. The molecule has 1 N–H and O–H groups in total. The van der Waals surface area contributed by atoms with Gasteiger partial charge < -0.3 is 14.6 Å². The van der Waals surface area contributed by atoms with Gasteiger partial charge in [0.1, 0.15) is 5.56 Å². The van der Waals surface area contributed by atoms with Crippen molar-refractivity contribution in [3.63, 3.8) is 0 Å². The van der Waals surface area contributed by atoms with Crippen LogP contribution < -0.4 is 5.56 Å². The summed E-state index contributed by atoms with van der Waals surface area (Å²) >= 11 is 0. The second-order valence-electron chi connectivity index (χ2n) is 4.37. The van der Waals surface area contributed by atoms with E-state index in [4.69, 9.17) is 5.11 Å². The van der Waals surface area contributed by atoms with Gasteiger partial charge >= 0.3 is 5.97 Å². The van der Waals surface area contributed by atoms with Crippen LogP contribution in [0.1, 0.15) is 28.5 Å². The van der Waals surface area contributed by atoms with Crippen molar-refractivity contribution in [2.45, 2.75) is 26.4 Å². The SMILES string of the molecule is CCn1c2c(cc(C(=O)O)c1=O)CN(C)CC2. The first-order valence-electron chi connectivity index (χ1n) is 5.72. The molecule has 17 heavy (non-hydrogen) atoms. The summed E-state index contributed by atoms with van der Waals surface area (Å²) in [6.45, 7) is 3.99. The maximum atomic E-state index is 12.0. The topological polar surface area (TPSA) is 62.5 Å². The Kier molecular flexibility index (Phi) is 3.02. The monoisotopic (exact) mass is 236 g/mol. The van der Waals surface area contributed by atoms with Gasteiger partial charge in [-0.3, -0.25) is 4.79 Å². The molecule has 0 saturated carbocycles. The quantitative estimate of drug-likeness (QED) is 0.814. The number of carbonyl (C=O) groups is 1. The van der Waals surface area contributed by atoms with Gasteiger partial charge in [0, 0.05) is 31.7 Å². The summed E-state index contributed by atoms with van der Waals surface area (Å²) in [5.74, 6) is -1.15. The third-order valence-electron chi connectivity index (χ3n) is 3.21. The summed E-state index contributed by atoms with van der Waals surface area (Å²) in [6.07, 6.45) is 0.800. The van der Waals surface area contributed by atoms with Crippen molar-refractivity contribution in [2.75, 3.05) is 13.6 Å². The molecule has 0 radical (unpaired) electrons. The fourth-order valence-electron chi connectivity index (χ4n) is 2.35. The standard InChI is InChI=1S/C12H16N2O3/c1-3-14-10-4-5-13(2)7-8(10)6-9(11(14)15)12(16)17/h6H,3-5,7H2,1-2H3,(H,16,17). The first-order chi connectivity index (χ1) is 8.04. The Labute approximate surface area is 99.3 Å². The van der Waals surface area contributed by atoms with E-state index >= 15 is 0 Å². The molecular weight excluding hydrogens is 220 g/mol. The lowest BCUT2D eigenvalue weighted by molar-refractivity contribution is 0.0693. The summed E-state index contributed by atoms with van der Waals surface area (Å²) in [5, 5.41) is 9.03. The zero-order valence-corrected chi connectivity index (χ0v) is 10.1. The van der Waals surface area contributed by atoms with Crippen LogP contribution in [0.3, 0.4) is 0 Å². The number of carboxylic acid groups (broad SMARTS) is 1. The van der Waals surface area contributed by atoms with Gasteiger partial charge in [0.25, 0.3) is 5.56 Å². The normalized spacial score (nSPS) is 15.6. The first kappa shape index (κ1) is 11.9. The number of pyridine rings is 1. The molecule has 0 atom stereocenters. The summed E-state index contributed by atoms with van der Waals surface area (Å²) < 4.78 is 1.59. The molecule has 1 aromatic heterocycles. The Morgan fingerprint density at radius 3 is 2.82 bits per heavy atom. The van der Waals surface area contributed by atoms with Crippen molar-refractivity contribution < 1.29 is 9.90 Å². The van der Waals surface area contributed by atoms with Crippen molar-refractivity contribution in [2.24, 2.45) is 0 Å². The Balaban J connectivity index is 2.66. The lowest BCUT2D eigenvalue weighted by Crippen LogP contribution is -2.36.